The molecule has 1 aliphatic heterocycles. The maximum Gasteiger partial charge on any atom is 0.262 e. The van der Waals surface area contributed by atoms with Crippen molar-refractivity contribution in [3.8, 4) is 17.6 Å². The van der Waals surface area contributed by atoms with Crippen molar-refractivity contribution in [2.45, 2.75) is 32.5 Å². The molecule has 31 heavy (non-hydrogen) atoms. The second-order valence-electron chi connectivity index (χ2n) is 7.03. The molecule has 7 heteroatoms. The zero-order valence-corrected chi connectivity index (χ0v) is 17.4. The van der Waals surface area contributed by atoms with Crippen LogP contribution in [0.3, 0.4) is 0 Å². The first kappa shape index (κ1) is 22.3. The monoisotopic (exact) mass is 424 g/mol. The highest BCUT2D eigenvalue weighted by Crippen LogP contribution is 2.30. The molecule has 3 rings (SSSR count). The number of carbonyl (C=O) groups excluding carboxylic acids is 1. The van der Waals surface area contributed by atoms with Crippen LogP contribution in [0.15, 0.2) is 48.0 Å². The van der Waals surface area contributed by atoms with Crippen molar-refractivity contribution in [3.63, 3.8) is 0 Å². The highest BCUT2D eigenvalue weighted by Gasteiger charge is 2.18. The minimum atomic E-state index is -0.448. The summed E-state index contributed by atoms with van der Waals surface area (Å²) in [6, 6.07) is 13.4. The average Bonchev–Trinajstić information content (AvgIpc) is 3.30. The third kappa shape index (κ3) is 6.30. The molecule has 1 aliphatic rings. The molecule has 1 saturated heterocycles. The number of carbonyl (C=O) groups is 1. The Morgan fingerprint density at radius 1 is 1.29 bits per heavy atom. The van der Waals surface area contributed by atoms with Gasteiger partial charge < -0.3 is 19.5 Å². The molecule has 1 fully saturated rings. The fourth-order valence-electron chi connectivity index (χ4n) is 3.20. The first-order valence-corrected chi connectivity index (χ1v) is 10.3. The third-order valence-corrected chi connectivity index (χ3v) is 4.80. The minimum Gasteiger partial charge on any atom is -0.490 e. The molecule has 1 amide bonds. The molecular weight excluding hydrogens is 399 g/mol. The van der Waals surface area contributed by atoms with Crippen LogP contribution in [0, 0.1) is 17.1 Å². The van der Waals surface area contributed by atoms with E-state index in [1.54, 1.807) is 36.4 Å². The second kappa shape index (κ2) is 11.1. The summed E-state index contributed by atoms with van der Waals surface area (Å²) in [5.74, 6) is 0.108. The molecule has 2 aromatic carbocycles. The summed E-state index contributed by atoms with van der Waals surface area (Å²) in [5.41, 5.74) is 1.04. The summed E-state index contributed by atoms with van der Waals surface area (Å²) in [4.78, 5) is 12.4. The zero-order valence-electron chi connectivity index (χ0n) is 17.4. The number of benzene rings is 2. The molecule has 0 bridgehead atoms. The van der Waals surface area contributed by atoms with Gasteiger partial charge in [0.25, 0.3) is 5.91 Å². The van der Waals surface area contributed by atoms with Crippen LogP contribution in [0.25, 0.3) is 6.08 Å². The smallest absolute Gasteiger partial charge is 0.262 e. The quantitative estimate of drug-likeness (QED) is 0.486. The number of nitriles is 1. The third-order valence-electron chi connectivity index (χ3n) is 4.80. The van der Waals surface area contributed by atoms with Gasteiger partial charge in [-0.3, -0.25) is 4.79 Å². The molecule has 0 saturated carbocycles. The fourth-order valence-corrected chi connectivity index (χ4v) is 3.20. The van der Waals surface area contributed by atoms with Crippen molar-refractivity contribution in [3.05, 3.63) is 65.0 Å². The lowest BCUT2D eigenvalue weighted by atomic mass is 10.1. The topological polar surface area (TPSA) is 80.6 Å². The Morgan fingerprint density at radius 3 is 2.84 bits per heavy atom. The predicted octanol–water partition coefficient (Wildman–Crippen LogP) is 4.01. The Morgan fingerprint density at radius 2 is 2.13 bits per heavy atom. The van der Waals surface area contributed by atoms with Gasteiger partial charge in [0, 0.05) is 18.7 Å². The van der Waals surface area contributed by atoms with E-state index in [1.807, 2.05) is 13.0 Å². The maximum absolute atomic E-state index is 13.8. The molecule has 2 aromatic rings. The number of halogens is 1. The van der Waals surface area contributed by atoms with E-state index in [4.69, 9.17) is 14.2 Å². The van der Waals surface area contributed by atoms with Gasteiger partial charge in [-0.2, -0.15) is 5.26 Å². The van der Waals surface area contributed by atoms with Crippen LogP contribution < -0.4 is 14.8 Å². The molecule has 0 aliphatic carbocycles. The lowest BCUT2D eigenvalue weighted by molar-refractivity contribution is -0.117. The highest BCUT2D eigenvalue weighted by atomic mass is 19.1. The zero-order chi connectivity index (χ0) is 22.1. The van der Waals surface area contributed by atoms with E-state index in [0.717, 1.165) is 12.8 Å². The Balaban J connectivity index is 1.71. The van der Waals surface area contributed by atoms with Gasteiger partial charge in [-0.05, 0) is 49.6 Å². The SMILES string of the molecule is CCOc1cc(/C=C(\C#N)C(=O)NC[C@@H]2CCCO2)ccc1OCc1ccccc1F. The van der Waals surface area contributed by atoms with Crippen LogP contribution in [0.5, 0.6) is 11.5 Å². The summed E-state index contributed by atoms with van der Waals surface area (Å²) in [6.07, 6.45) is 3.37. The van der Waals surface area contributed by atoms with Crippen LogP contribution >= 0.6 is 0 Å². The Bertz CT molecular complexity index is 978. The number of hydrogen-bond donors (Lipinski definition) is 1. The van der Waals surface area contributed by atoms with E-state index >= 15 is 0 Å². The average molecular weight is 424 g/mol. The van der Waals surface area contributed by atoms with Crippen molar-refractivity contribution in [2.75, 3.05) is 19.8 Å². The minimum absolute atomic E-state index is 0.000617. The Hall–Kier alpha value is -3.37. The van der Waals surface area contributed by atoms with Crippen molar-refractivity contribution in [2.24, 2.45) is 0 Å². The lowest BCUT2D eigenvalue weighted by Crippen LogP contribution is -2.32. The van der Waals surface area contributed by atoms with Gasteiger partial charge in [-0.1, -0.05) is 24.3 Å². The fraction of sp³-hybridized carbons (Fsp3) is 0.333. The Labute approximate surface area is 181 Å². The summed E-state index contributed by atoms with van der Waals surface area (Å²) in [5, 5.41) is 12.2. The number of nitrogens with zero attached hydrogens (tertiary/aromatic N) is 1. The standard InChI is InChI=1S/C24H25FN2O4/c1-2-29-23-13-17(9-10-22(23)31-16-18-6-3-4-8-21(18)25)12-19(14-26)24(28)27-15-20-7-5-11-30-20/h3-4,6,8-10,12-13,20H,2,5,7,11,15-16H2,1H3,(H,27,28)/b19-12+/t20-/m0/s1. The van der Waals surface area contributed by atoms with Crippen molar-refractivity contribution in [1.29, 1.82) is 5.26 Å². The summed E-state index contributed by atoms with van der Waals surface area (Å²) in [6.45, 7) is 3.37. The van der Waals surface area contributed by atoms with Crippen molar-refractivity contribution in [1.82, 2.24) is 5.32 Å². The second-order valence-corrected chi connectivity index (χ2v) is 7.03. The summed E-state index contributed by atoms with van der Waals surface area (Å²) < 4.78 is 30.7. The normalized spacial score (nSPS) is 15.9. The number of hydrogen-bond acceptors (Lipinski definition) is 5. The van der Waals surface area contributed by atoms with E-state index in [2.05, 4.69) is 5.32 Å². The van der Waals surface area contributed by atoms with Crippen LogP contribution in [-0.2, 0) is 16.1 Å². The van der Waals surface area contributed by atoms with Crippen molar-refractivity contribution >= 4 is 12.0 Å². The van der Waals surface area contributed by atoms with Gasteiger partial charge in [-0.15, -0.1) is 0 Å². The number of nitrogens with one attached hydrogen (secondary N) is 1. The summed E-state index contributed by atoms with van der Waals surface area (Å²) >= 11 is 0. The molecule has 0 spiro atoms. The first-order chi connectivity index (χ1) is 15.1. The lowest BCUT2D eigenvalue weighted by Gasteiger charge is -2.13. The molecule has 1 heterocycles. The number of ether oxygens (including phenoxy) is 3. The molecule has 1 atom stereocenters. The molecule has 1 N–H and O–H groups in total. The number of rotatable bonds is 9. The van der Waals surface area contributed by atoms with Crippen LogP contribution in [0.1, 0.15) is 30.9 Å². The van der Waals surface area contributed by atoms with Gasteiger partial charge in [0.2, 0.25) is 0 Å². The largest absolute Gasteiger partial charge is 0.490 e. The predicted molar refractivity (Wildman–Crippen MR) is 114 cm³/mol. The van der Waals surface area contributed by atoms with Crippen LogP contribution in [0.4, 0.5) is 4.39 Å². The van der Waals surface area contributed by atoms with Gasteiger partial charge in [0.15, 0.2) is 11.5 Å². The molecule has 0 radical (unpaired) electrons. The first-order valence-electron chi connectivity index (χ1n) is 10.3. The molecular formula is C24H25FN2O4. The van der Waals surface area contributed by atoms with E-state index in [0.29, 0.717) is 42.4 Å². The summed E-state index contributed by atoms with van der Waals surface area (Å²) in [7, 11) is 0. The Kier molecular flexibility index (Phi) is 8.02. The van der Waals surface area contributed by atoms with Crippen molar-refractivity contribution < 1.29 is 23.4 Å². The van der Waals surface area contributed by atoms with E-state index in [1.165, 1.54) is 12.1 Å². The van der Waals surface area contributed by atoms with E-state index in [9.17, 15) is 14.4 Å². The van der Waals surface area contributed by atoms with Crippen LogP contribution in [0.2, 0.25) is 0 Å². The van der Waals surface area contributed by atoms with E-state index in [-0.39, 0.29) is 24.1 Å². The van der Waals surface area contributed by atoms with E-state index < -0.39 is 5.91 Å². The van der Waals surface area contributed by atoms with Gasteiger partial charge in [0.1, 0.15) is 24.1 Å². The maximum atomic E-state index is 13.8. The molecule has 0 unspecified atom stereocenters. The highest BCUT2D eigenvalue weighted by molar-refractivity contribution is 6.01. The molecule has 0 aromatic heterocycles. The van der Waals surface area contributed by atoms with Gasteiger partial charge in [0.05, 0.1) is 12.7 Å². The molecule has 6 nitrogen and oxygen atoms in total. The molecule has 162 valence electrons. The van der Waals surface area contributed by atoms with Gasteiger partial charge >= 0.3 is 0 Å². The number of amides is 1. The van der Waals surface area contributed by atoms with Crippen LogP contribution in [-0.4, -0.2) is 31.8 Å². The van der Waals surface area contributed by atoms with Gasteiger partial charge in [-0.25, -0.2) is 4.39 Å².